The van der Waals surface area contributed by atoms with Gasteiger partial charge in [0.1, 0.15) is 19.0 Å². The van der Waals surface area contributed by atoms with E-state index < -0.39 is 0 Å². The Morgan fingerprint density at radius 1 is 0.929 bits per heavy atom. The van der Waals surface area contributed by atoms with E-state index in [1.807, 2.05) is 61.5 Å². The third-order valence-corrected chi connectivity index (χ3v) is 4.16. The topological polar surface area (TPSA) is 61.0 Å². The van der Waals surface area contributed by atoms with E-state index in [0.29, 0.717) is 24.5 Å². The lowest BCUT2D eigenvalue weighted by Crippen LogP contribution is -2.09. The first kappa shape index (κ1) is 19.4. The first-order valence-electron chi connectivity index (χ1n) is 9.18. The number of furan rings is 1. The largest absolute Gasteiger partial charge is 0.466 e. The Balaban J connectivity index is 1.59. The van der Waals surface area contributed by atoms with Gasteiger partial charge in [0.25, 0.3) is 0 Å². The number of nitrogens with zero attached hydrogens (tertiary/aromatic N) is 1. The standard InChI is InChI=1S/C23H23NO4/c1-18-9-11-20(12-10-18)22(24-28-16-19-6-3-2-4-7-19)13-14-23(25)27-17-21-8-5-15-26-21/h2-12,15H,13-14,16-17H2,1H3/b24-22+. The van der Waals surface area contributed by atoms with Gasteiger partial charge >= 0.3 is 5.97 Å². The first-order chi connectivity index (χ1) is 13.7. The van der Waals surface area contributed by atoms with Gasteiger partial charge < -0.3 is 14.0 Å². The van der Waals surface area contributed by atoms with E-state index in [1.165, 1.54) is 0 Å². The molecule has 0 aliphatic carbocycles. The van der Waals surface area contributed by atoms with E-state index in [1.54, 1.807) is 18.4 Å². The summed E-state index contributed by atoms with van der Waals surface area (Å²) in [6, 6.07) is 21.3. The molecule has 0 N–H and O–H groups in total. The smallest absolute Gasteiger partial charge is 0.306 e. The van der Waals surface area contributed by atoms with Crippen LogP contribution in [-0.4, -0.2) is 11.7 Å². The molecular weight excluding hydrogens is 354 g/mol. The number of aryl methyl sites for hydroxylation is 1. The van der Waals surface area contributed by atoms with Crippen LogP contribution in [0.3, 0.4) is 0 Å². The summed E-state index contributed by atoms with van der Waals surface area (Å²) in [5, 5.41) is 4.29. The number of rotatable bonds is 9. The number of ether oxygens (including phenoxy) is 1. The SMILES string of the molecule is Cc1ccc(/C(CCC(=O)OCc2ccco2)=N/OCc2ccccc2)cc1. The Morgan fingerprint density at radius 3 is 2.43 bits per heavy atom. The lowest BCUT2D eigenvalue weighted by Gasteiger charge is -2.08. The van der Waals surface area contributed by atoms with E-state index in [0.717, 1.165) is 16.7 Å². The van der Waals surface area contributed by atoms with E-state index in [4.69, 9.17) is 14.0 Å². The van der Waals surface area contributed by atoms with Crippen LogP contribution < -0.4 is 0 Å². The summed E-state index contributed by atoms with van der Waals surface area (Å²) >= 11 is 0. The van der Waals surface area contributed by atoms with Crippen molar-refractivity contribution in [2.24, 2.45) is 5.16 Å². The van der Waals surface area contributed by atoms with Crippen LogP contribution in [0.25, 0.3) is 0 Å². The monoisotopic (exact) mass is 377 g/mol. The van der Waals surface area contributed by atoms with E-state index in [-0.39, 0.29) is 19.0 Å². The molecule has 0 radical (unpaired) electrons. The summed E-state index contributed by atoms with van der Waals surface area (Å²) in [5.41, 5.74) is 3.84. The molecule has 5 nitrogen and oxygen atoms in total. The zero-order valence-electron chi connectivity index (χ0n) is 15.8. The molecule has 28 heavy (non-hydrogen) atoms. The number of hydrogen-bond donors (Lipinski definition) is 0. The van der Waals surface area contributed by atoms with Crippen molar-refractivity contribution in [3.8, 4) is 0 Å². The van der Waals surface area contributed by atoms with Crippen molar-refractivity contribution in [3.05, 3.63) is 95.4 Å². The van der Waals surface area contributed by atoms with Crippen molar-refractivity contribution in [3.63, 3.8) is 0 Å². The molecule has 0 unspecified atom stereocenters. The molecule has 0 fully saturated rings. The highest BCUT2D eigenvalue weighted by Crippen LogP contribution is 2.12. The molecular formula is C23H23NO4. The summed E-state index contributed by atoms with van der Waals surface area (Å²) in [4.78, 5) is 17.6. The van der Waals surface area contributed by atoms with Crippen LogP contribution in [0.4, 0.5) is 0 Å². The molecule has 0 atom stereocenters. The van der Waals surface area contributed by atoms with Crippen molar-refractivity contribution in [2.75, 3.05) is 0 Å². The minimum atomic E-state index is -0.306. The Kier molecular flexibility index (Phi) is 7.01. The van der Waals surface area contributed by atoms with Gasteiger partial charge in [-0.3, -0.25) is 4.79 Å². The molecule has 0 bridgehead atoms. The van der Waals surface area contributed by atoms with Crippen LogP contribution in [0.5, 0.6) is 0 Å². The number of esters is 1. The highest BCUT2D eigenvalue weighted by atomic mass is 16.6. The van der Waals surface area contributed by atoms with Crippen LogP contribution in [0, 0.1) is 6.92 Å². The average molecular weight is 377 g/mol. The van der Waals surface area contributed by atoms with Crippen molar-refractivity contribution in [1.29, 1.82) is 0 Å². The Hall–Kier alpha value is -3.34. The van der Waals surface area contributed by atoms with Gasteiger partial charge in [0.2, 0.25) is 0 Å². The molecule has 2 aromatic carbocycles. The van der Waals surface area contributed by atoms with Crippen molar-refractivity contribution < 1.29 is 18.8 Å². The van der Waals surface area contributed by atoms with Gasteiger partial charge in [-0.05, 0) is 30.2 Å². The molecule has 144 valence electrons. The number of carbonyl (C=O) groups is 1. The predicted octanol–water partition coefficient (Wildman–Crippen LogP) is 5.03. The number of hydrogen-bond acceptors (Lipinski definition) is 5. The Morgan fingerprint density at radius 2 is 1.71 bits per heavy atom. The van der Waals surface area contributed by atoms with E-state index in [2.05, 4.69) is 5.16 Å². The third-order valence-electron chi connectivity index (χ3n) is 4.16. The lowest BCUT2D eigenvalue weighted by molar-refractivity contribution is -0.145. The number of carbonyl (C=O) groups excluding carboxylic acids is 1. The summed E-state index contributed by atoms with van der Waals surface area (Å²) in [6.07, 6.45) is 2.19. The van der Waals surface area contributed by atoms with Gasteiger partial charge in [-0.25, -0.2) is 0 Å². The molecule has 0 amide bonds. The van der Waals surface area contributed by atoms with Crippen LogP contribution in [-0.2, 0) is 27.6 Å². The second-order valence-corrected chi connectivity index (χ2v) is 6.40. The van der Waals surface area contributed by atoms with Crippen molar-refractivity contribution in [2.45, 2.75) is 33.0 Å². The summed E-state index contributed by atoms with van der Waals surface area (Å²) in [6.45, 7) is 2.53. The summed E-state index contributed by atoms with van der Waals surface area (Å²) in [5.74, 6) is 0.311. The highest BCUT2D eigenvalue weighted by molar-refractivity contribution is 6.01. The molecule has 0 saturated heterocycles. The molecule has 3 rings (SSSR count). The summed E-state index contributed by atoms with van der Waals surface area (Å²) in [7, 11) is 0. The summed E-state index contributed by atoms with van der Waals surface area (Å²) < 4.78 is 10.4. The van der Waals surface area contributed by atoms with Crippen molar-refractivity contribution in [1.82, 2.24) is 0 Å². The Bertz CT molecular complexity index is 884. The van der Waals surface area contributed by atoms with E-state index >= 15 is 0 Å². The molecule has 0 saturated carbocycles. The maximum Gasteiger partial charge on any atom is 0.306 e. The zero-order valence-corrected chi connectivity index (χ0v) is 15.8. The van der Waals surface area contributed by atoms with Gasteiger partial charge in [-0.15, -0.1) is 0 Å². The molecule has 0 aliphatic rings. The van der Waals surface area contributed by atoms with Gasteiger partial charge in [0.15, 0.2) is 0 Å². The minimum Gasteiger partial charge on any atom is -0.466 e. The lowest BCUT2D eigenvalue weighted by atomic mass is 10.0. The average Bonchev–Trinajstić information content (AvgIpc) is 3.24. The molecule has 0 spiro atoms. The minimum absolute atomic E-state index is 0.132. The maximum absolute atomic E-state index is 12.1. The number of benzene rings is 2. The normalized spacial score (nSPS) is 11.2. The zero-order chi connectivity index (χ0) is 19.6. The molecule has 1 aromatic heterocycles. The van der Waals surface area contributed by atoms with E-state index in [9.17, 15) is 4.79 Å². The molecule has 5 heteroatoms. The maximum atomic E-state index is 12.1. The predicted molar refractivity (Wildman–Crippen MR) is 107 cm³/mol. The fourth-order valence-corrected chi connectivity index (χ4v) is 2.59. The van der Waals surface area contributed by atoms with Crippen molar-refractivity contribution >= 4 is 11.7 Å². The van der Waals surface area contributed by atoms with Gasteiger partial charge in [0, 0.05) is 6.42 Å². The Labute approximate surface area is 164 Å². The van der Waals surface area contributed by atoms with Gasteiger partial charge in [0.05, 0.1) is 18.4 Å². The van der Waals surface area contributed by atoms with Gasteiger partial charge in [-0.1, -0.05) is 65.3 Å². The second-order valence-electron chi connectivity index (χ2n) is 6.40. The van der Waals surface area contributed by atoms with Crippen LogP contribution in [0.2, 0.25) is 0 Å². The van der Waals surface area contributed by atoms with Gasteiger partial charge in [-0.2, -0.15) is 0 Å². The fraction of sp³-hybridized carbons (Fsp3) is 0.217. The third kappa shape index (κ3) is 6.13. The molecule has 0 aliphatic heterocycles. The fourth-order valence-electron chi connectivity index (χ4n) is 2.59. The molecule has 1 heterocycles. The molecule has 3 aromatic rings. The quantitative estimate of drug-likeness (QED) is 0.298. The second kappa shape index (κ2) is 10.1. The van der Waals surface area contributed by atoms with Crippen LogP contribution in [0.15, 0.2) is 82.6 Å². The van der Waals surface area contributed by atoms with Crippen LogP contribution in [0.1, 0.15) is 35.3 Å². The first-order valence-corrected chi connectivity index (χ1v) is 9.18. The number of oxime groups is 1. The highest BCUT2D eigenvalue weighted by Gasteiger charge is 2.11. The van der Waals surface area contributed by atoms with Crippen LogP contribution >= 0.6 is 0 Å².